The van der Waals surface area contributed by atoms with Crippen molar-refractivity contribution < 1.29 is 23.7 Å². The Morgan fingerprint density at radius 3 is 2.95 bits per heavy atom. The van der Waals surface area contributed by atoms with E-state index in [0.717, 1.165) is 5.56 Å². The van der Waals surface area contributed by atoms with Crippen molar-refractivity contribution in [3.05, 3.63) is 34.2 Å². The number of carbonyl (C=O) groups is 1. The summed E-state index contributed by atoms with van der Waals surface area (Å²) in [6.45, 7) is 2.04. The number of nitrogens with zero attached hydrogens (tertiary/aromatic N) is 3. The smallest absolute Gasteiger partial charge is 0.319 e. The number of carbonyl (C=O) groups excluding carboxylic acids is 1. The highest BCUT2D eigenvalue weighted by molar-refractivity contribution is 5.78. The Bertz CT molecular complexity index is 681. The lowest BCUT2D eigenvalue weighted by atomic mass is 10.0. The zero-order valence-electron chi connectivity index (χ0n) is 11.8. The minimum Gasteiger partial charge on any atom is -0.485 e. The molecule has 1 aromatic carbocycles. The molecule has 2 aliphatic rings. The molecule has 114 valence electrons. The maximum atomic E-state index is 11.9. The number of rotatable bonds is 4. The van der Waals surface area contributed by atoms with E-state index in [1.807, 2.05) is 0 Å². The second-order valence-electron chi connectivity index (χ2n) is 4.59. The summed E-state index contributed by atoms with van der Waals surface area (Å²) < 4.78 is 21.2. The van der Waals surface area contributed by atoms with Crippen LogP contribution < -0.4 is 14.2 Å². The Kier molecular flexibility index (Phi) is 3.76. The van der Waals surface area contributed by atoms with E-state index in [-0.39, 0.29) is 13.4 Å². The van der Waals surface area contributed by atoms with E-state index >= 15 is 0 Å². The monoisotopic (exact) mass is 303 g/mol. The van der Waals surface area contributed by atoms with E-state index in [9.17, 15) is 4.79 Å². The molecule has 0 spiro atoms. The van der Waals surface area contributed by atoms with Crippen molar-refractivity contribution in [3.8, 4) is 17.2 Å². The van der Waals surface area contributed by atoms with E-state index < -0.39 is 18.1 Å². The number of hydrogen-bond acceptors (Lipinski definition) is 6. The molecule has 8 nitrogen and oxygen atoms in total. The number of hydrogen-bond donors (Lipinski definition) is 0. The standard InChI is InChI=1S/C14H13N3O5/c1-2-19-14(18)13(16-17-15)9-4-3-8-5-11-12(21-7-20-11)6-10(8)22-9/h3-6,9,13H,2,7H2,1H3. The quantitative estimate of drug-likeness (QED) is 0.368. The van der Waals surface area contributed by atoms with Crippen LogP contribution in [0.5, 0.6) is 17.2 Å². The van der Waals surface area contributed by atoms with Crippen LogP contribution in [0.2, 0.25) is 0 Å². The zero-order valence-corrected chi connectivity index (χ0v) is 11.8. The molecule has 0 N–H and O–H groups in total. The zero-order chi connectivity index (χ0) is 15.5. The van der Waals surface area contributed by atoms with Crippen LogP contribution in [0.15, 0.2) is 23.3 Å². The van der Waals surface area contributed by atoms with Crippen LogP contribution in [-0.4, -0.2) is 31.5 Å². The van der Waals surface area contributed by atoms with Crippen molar-refractivity contribution in [2.45, 2.75) is 19.1 Å². The van der Waals surface area contributed by atoms with Gasteiger partial charge in [0.2, 0.25) is 6.79 Å². The van der Waals surface area contributed by atoms with Crippen LogP contribution in [0.3, 0.4) is 0 Å². The van der Waals surface area contributed by atoms with Gasteiger partial charge in [0, 0.05) is 16.5 Å². The van der Waals surface area contributed by atoms with Gasteiger partial charge in [0.05, 0.1) is 6.61 Å². The molecule has 0 saturated heterocycles. The molecule has 2 aliphatic heterocycles. The molecule has 2 heterocycles. The summed E-state index contributed by atoms with van der Waals surface area (Å²) >= 11 is 0. The van der Waals surface area contributed by atoms with Crippen molar-refractivity contribution in [2.75, 3.05) is 13.4 Å². The third-order valence-corrected chi connectivity index (χ3v) is 3.25. The van der Waals surface area contributed by atoms with Gasteiger partial charge in [-0.25, -0.2) is 0 Å². The molecular weight excluding hydrogens is 290 g/mol. The molecule has 0 aromatic heterocycles. The Labute approximate surface area is 125 Å². The Morgan fingerprint density at radius 1 is 1.45 bits per heavy atom. The normalized spacial score (nSPS) is 18.7. The van der Waals surface area contributed by atoms with Gasteiger partial charge in [0.25, 0.3) is 0 Å². The number of fused-ring (bicyclic) bond motifs is 2. The summed E-state index contributed by atoms with van der Waals surface area (Å²) in [6.07, 6.45) is 2.70. The molecule has 1 aromatic rings. The average molecular weight is 303 g/mol. The van der Waals surface area contributed by atoms with Gasteiger partial charge >= 0.3 is 5.97 Å². The van der Waals surface area contributed by atoms with Crippen molar-refractivity contribution in [1.29, 1.82) is 0 Å². The first kappa shape index (κ1) is 14.1. The molecule has 22 heavy (non-hydrogen) atoms. The van der Waals surface area contributed by atoms with E-state index in [1.165, 1.54) is 0 Å². The molecule has 0 radical (unpaired) electrons. The lowest BCUT2D eigenvalue weighted by Crippen LogP contribution is -2.37. The van der Waals surface area contributed by atoms with Crippen molar-refractivity contribution in [1.82, 2.24) is 0 Å². The van der Waals surface area contributed by atoms with Gasteiger partial charge in [-0.1, -0.05) is 11.2 Å². The molecule has 0 fully saturated rings. The second kappa shape index (κ2) is 5.87. The number of benzene rings is 1. The highest BCUT2D eigenvalue weighted by Gasteiger charge is 2.32. The van der Waals surface area contributed by atoms with Gasteiger partial charge in [-0.2, -0.15) is 0 Å². The van der Waals surface area contributed by atoms with Crippen LogP contribution in [0.25, 0.3) is 16.5 Å². The maximum Gasteiger partial charge on any atom is 0.319 e. The fourth-order valence-corrected chi connectivity index (χ4v) is 2.26. The summed E-state index contributed by atoms with van der Waals surface area (Å²) in [5.74, 6) is 1.12. The van der Waals surface area contributed by atoms with Crippen molar-refractivity contribution in [2.24, 2.45) is 5.11 Å². The lowest BCUT2D eigenvalue weighted by Gasteiger charge is -2.25. The highest BCUT2D eigenvalue weighted by atomic mass is 16.7. The van der Waals surface area contributed by atoms with Gasteiger partial charge in [-0.15, -0.1) is 0 Å². The van der Waals surface area contributed by atoms with Gasteiger partial charge in [-0.05, 0) is 24.6 Å². The fourth-order valence-electron chi connectivity index (χ4n) is 2.26. The summed E-state index contributed by atoms with van der Waals surface area (Å²) in [5.41, 5.74) is 9.44. The lowest BCUT2D eigenvalue weighted by molar-refractivity contribution is -0.146. The molecule has 0 amide bonds. The van der Waals surface area contributed by atoms with Crippen molar-refractivity contribution >= 4 is 12.0 Å². The largest absolute Gasteiger partial charge is 0.485 e. The highest BCUT2D eigenvalue weighted by Crippen LogP contribution is 2.40. The Balaban J connectivity index is 1.86. The van der Waals surface area contributed by atoms with Gasteiger partial charge in [0.15, 0.2) is 17.5 Å². The summed E-state index contributed by atoms with van der Waals surface area (Å²) in [4.78, 5) is 14.6. The molecule has 2 atom stereocenters. The van der Waals surface area contributed by atoms with E-state index in [1.54, 1.807) is 31.2 Å². The number of esters is 1. The SMILES string of the molecule is CCOC(=O)C(N=[N+]=[N-])C1C=Cc2cc3c(cc2O1)OCO3. The number of ether oxygens (including phenoxy) is 4. The topological polar surface area (TPSA) is 103 Å². The first-order valence-electron chi connectivity index (χ1n) is 6.72. The predicted octanol–water partition coefficient (Wildman–Crippen LogP) is 2.43. The predicted molar refractivity (Wildman–Crippen MR) is 75.6 cm³/mol. The Morgan fingerprint density at radius 2 is 2.23 bits per heavy atom. The van der Waals surface area contributed by atoms with Crippen LogP contribution in [0.4, 0.5) is 0 Å². The van der Waals surface area contributed by atoms with E-state index in [0.29, 0.717) is 17.2 Å². The van der Waals surface area contributed by atoms with E-state index in [4.69, 9.17) is 24.5 Å². The summed E-state index contributed by atoms with van der Waals surface area (Å²) in [7, 11) is 0. The van der Waals surface area contributed by atoms with Crippen LogP contribution in [0, 0.1) is 0 Å². The molecule has 0 saturated carbocycles. The first-order chi connectivity index (χ1) is 10.7. The average Bonchev–Trinajstić information content (AvgIpc) is 2.97. The number of azide groups is 1. The first-order valence-corrected chi connectivity index (χ1v) is 6.72. The maximum absolute atomic E-state index is 11.9. The fraction of sp³-hybridized carbons (Fsp3) is 0.357. The molecular formula is C14H13N3O5. The minimum atomic E-state index is -1.08. The molecule has 3 rings (SSSR count). The molecule has 8 heteroatoms. The minimum absolute atomic E-state index is 0.162. The van der Waals surface area contributed by atoms with Crippen LogP contribution >= 0.6 is 0 Å². The van der Waals surface area contributed by atoms with Crippen LogP contribution in [-0.2, 0) is 9.53 Å². The van der Waals surface area contributed by atoms with Gasteiger partial charge in [-0.3, -0.25) is 4.79 Å². The Hall–Kier alpha value is -2.86. The molecule has 2 unspecified atom stereocenters. The third-order valence-electron chi connectivity index (χ3n) is 3.25. The summed E-state index contributed by atoms with van der Waals surface area (Å²) in [5, 5.41) is 3.49. The molecule has 0 aliphatic carbocycles. The van der Waals surface area contributed by atoms with E-state index in [2.05, 4.69) is 10.0 Å². The van der Waals surface area contributed by atoms with Gasteiger partial charge in [0.1, 0.15) is 11.9 Å². The molecule has 0 bridgehead atoms. The van der Waals surface area contributed by atoms with Crippen molar-refractivity contribution in [3.63, 3.8) is 0 Å². The van der Waals surface area contributed by atoms with Crippen LogP contribution in [0.1, 0.15) is 12.5 Å². The van der Waals surface area contributed by atoms with Gasteiger partial charge < -0.3 is 18.9 Å². The summed E-state index contributed by atoms with van der Waals surface area (Å²) in [6, 6.07) is 2.39. The third kappa shape index (κ3) is 2.51. The second-order valence-corrected chi connectivity index (χ2v) is 4.59.